The Labute approximate surface area is 131 Å². The highest BCUT2D eigenvalue weighted by Gasteiger charge is 2.28. The Morgan fingerprint density at radius 1 is 1.45 bits per heavy atom. The van der Waals surface area contributed by atoms with Crippen LogP contribution in [0.5, 0.6) is 0 Å². The fourth-order valence-corrected chi connectivity index (χ4v) is 2.93. The highest BCUT2D eigenvalue weighted by molar-refractivity contribution is 6.30. The molecule has 0 amide bonds. The first-order valence-corrected chi connectivity index (χ1v) is 7.71. The molecule has 22 heavy (non-hydrogen) atoms. The number of anilines is 1. The van der Waals surface area contributed by atoms with E-state index in [0.717, 1.165) is 12.8 Å². The molecule has 5 nitrogen and oxygen atoms in total. The molecule has 1 atom stereocenters. The number of ether oxygens (including phenoxy) is 1. The molecule has 1 N–H and O–H groups in total. The van der Waals surface area contributed by atoms with Gasteiger partial charge in [0.1, 0.15) is 16.9 Å². The fourth-order valence-electron chi connectivity index (χ4n) is 2.74. The lowest BCUT2D eigenvalue weighted by atomic mass is 10.2. The van der Waals surface area contributed by atoms with Crippen molar-refractivity contribution in [2.24, 2.45) is 0 Å². The van der Waals surface area contributed by atoms with Crippen molar-refractivity contribution < 1.29 is 13.5 Å². The van der Waals surface area contributed by atoms with E-state index in [-0.39, 0.29) is 11.0 Å². The van der Waals surface area contributed by atoms with Crippen LogP contribution in [0.4, 0.5) is 14.5 Å². The van der Waals surface area contributed by atoms with Crippen molar-refractivity contribution >= 4 is 28.5 Å². The van der Waals surface area contributed by atoms with Crippen LogP contribution in [0.15, 0.2) is 6.07 Å². The molecule has 0 saturated carbocycles. The molecular weight excluding hydrogens is 314 g/mol. The van der Waals surface area contributed by atoms with Gasteiger partial charge in [0.05, 0.1) is 5.69 Å². The van der Waals surface area contributed by atoms with Crippen LogP contribution >= 0.6 is 11.6 Å². The fraction of sp³-hybridized carbons (Fsp3) is 0.571. The van der Waals surface area contributed by atoms with Gasteiger partial charge in [0.25, 0.3) is 6.43 Å². The number of fused-ring (bicyclic) bond motifs is 1. The second kappa shape index (κ2) is 6.34. The highest BCUT2D eigenvalue weighted by Crippen LogP contribution is 2.35. The summed E-state index contributed by atoms with van der Waals surface area (Å²) in [4.78, 5) is 8.31. The SMILES string of the molecule is CCNc1cc(Cl)nc2c1nc(C(F)F)n2C1CCCCO1. The summed E-state index contributed by atoms with van der Waals surface area (Å²) in [6.45, 7) is 3.09. The first kappa shape index (κ1) is 15.4. The van der Waals surface area contributed by atoms with Crippen molar-refractivity contribution in [1.29, 1.82) is 0 Å². The monoisotopic (exact) mass is 330 g/mol. The molecule has 0 radical (unpaired) electrons. The Kier molecular flexibility index (Phi) is 4.44. The van der Waals surface area contributed by atoms with Gasteiger partial charge in [0.2, 0.25) is 0 Å². The number of hydrogen-bond donors (Lipinski definition) is 1. The predicted octanol–water partition coefficient (Wildman–Crippen LogP) is 4.15. The average Bonchev–Trinajstić information content (AvgIpc) is 2.88. The molecule has 1 unspecified atom stereocenters. The number of pyridine rings is 1. The molecule has 3 rings (SSSR count). The topological polar surface area (TPSA) is 52.0 Å². The van der Waals surface area contributed by atoms with Crippen molar-refractivity contribution in [2.45, 2.75) is 38.8 Å². The number of imidazole rings is 1. The van der Waals surface area contributed by atoms with Crippen LogP contribution in [-0.4, -0.2) is 27.7 Å². The summed E-state index contributed by atoms with van der Waals surface area (Å²) in [5.41, 5.74) is 1.34. The van der Waals surface area contributed by atoms with Gasteiger partial charge in [0.15, 0.2) is 11.5 Å². The van der Waals surface area contributed by atoms with Crippen molar-refractivity contribution in [3.63, 3.8) is 0 Å². The molecular formula is C14H17ClF2N4O. The standard InChI is InChI=1S/C14H17ClF2N4O/c1-2-18-8-7-9(15)19-13-11(8)20-14(12(16)17)21(13)10-5-3-4-6-22-10/h7,10,12H,2-6H2,1H3,(H,18,19). The van der Waals surface area contributed by atoms with Gasteiger partial charge in [-0.3, -0.25) is 4.57 Å². The van der Waals surface area contributed by atoms with E-state index in [0.29, 0.717) is 36.4 Å². The summed E-state index contributed by atoms with van der Waals surface area (Å²) in [7, 11) is 0. The van der Waals surface area contributed by atoms with Crippen LogP contribution in [-0.2, 0) is 4.74 Å². The van der Waals surface area contributed by atoms with E-state index in [1.807, 2.05) is 6.92 Å². The van der Waals surface area contributed by atoms with Gasteiger partial charge in [-0.05, 0) is 26.2 Å². The minimum absolute atomic E-state index is 0.237. The summed E-state index contributed by atoms with van der Waals surface area (Å²) >= 11 is 6.04. The molecule has 0 aromatic carbocycles. The minimum Gasteiger partial charge on any atom is -0.383 e. The molecule has 1 saturated heterocycles. The largest absolute Gasteiger partial charge is 0.383 e. The zero-order chi connectivity index (χ0) is 15.7. The lowest BCUT2D eigenvalue weighted by Gasteiger charge is -2.25. The summed E-state index contributed by atoms with van der Waals surface area (Å²) in [6.07, 6.45) is -0.649. The smallest absolute Gasteiger partial charge is 0.295 e. The quantitative estimate of drug-likeness (QED) is 0.855. The highest BCUT2D eigenvalue weighted by atomic mass is 35.5. The third kappa shape index (κ3) is 2.75. The normalized spacial score (nSPS) is 19.0. The summed E-state index contributed by atoms with van der Waals surface area (Å²) in [5.74, 6) is -0.323. The van der Waals surface area contributed by atoms with E-state index in [1.165, 1.54) is 4.57 Å². The van der Waals surface area contributed by atoms with Crippen molar-refractivity contribution in [3.05, 3.63) is 17.0 Å². The van der Waals surface area contributed by atoms with Crippen LogP contribution in [0.1, 0.15) is 44.7 Å². The van der Waals surface area contributed by atoms with Crippen LogP contribution in [0.2, 0.25) is 5.15 Å². The Balaban J connectivity index is 2.20. The maximum Gasteiger partial charge on any atom is 0.295 e. The van der Waals surface area contributed by atoms with Gasteiger partial charge in [-0.15, -0.1) is 0 Å². The molecule has 3 heterocycles. The number of rotatable bonds is 4. The minimum atomic E-state index is -2.70. The molecule has 0 bridgehead atoms. The first-order valence-electron chi connectivity index (χ1n) is 7.33. The van der Waals surface area contributed by atoms with Crippen LogP contribution < -0.4 is 5.32 Å². The van der Waals surface area contributed by atoms with Gasteiger partial charge in [0, 0.05) is 19.2 Å². The predicted molar refractivity (Wildman–Crippen MR) is 80.5 cm³/mol. The summed E-state index contributed by atoms with van der Waals surface area (Å²) < 4.78 is 33.9. The third-order valence-corrected chi connectivity index (χ3v) is 3.84. The average molecular weight is 331 g/mol. The molecule has 0 spiro atoms. The van der Waals surface area contributed by atoms with E-state index < -0.39 is 12.7 Å². The maximum absolute atomic E-state index is 13.4. The van der Waals surface area contributed by atoms with Crippen molar-refractivity contribution in [1.82, 2.24) is 14.5 Å². The second-order valence-electron chi connectivity index (χ2n) is 5.16. The molecule has 1 aliphatic heterocycles. The lowest BCUT2D eigenvalue weighted by molar-refractivity contribution is -0.0363. The molecule has 1 aliphatic rings. The zero-order valence-electron chi connectivity index (χ0n) is 12.2. The van der Waals surface area contributed by atoms with E-state index in [4.69, 9.17) is 16.3 Å². The number of halogens is 3. The van der Waals surface area contributed by atoms with Gasteiger partial charge in [-0.25, -0.2) is 18.7 Å². The van der Waals surface area contributed by atoms with Gasteiger partial charge >= 0.3 is 0 Å². The Morgan fingerprint density at radius 2 is 2.27 bits per heavy atom. The molecule has 1 fully saturated rings. The Morgan fingerprint density at radius 3 is 2.91 bits per heavy atom. The molecule has 2 aromatic rings. The molecule has 0 aliphatic carbocycles. The van der Waals surface area contributed by atoms with E-state index in [1.54, 1.807) is 6.07 Å². The number of aromatic nitrogens is 3. The molecule has 8 heteroatoms. The van der Waals surface area contributed by atoms with Gasteiger partial charge in [-0.1, -0.05) is 11.6 Å². The zero-order valence-corrected chi connectivity index (χ0v) is 12.9. The number of alkyl halides is 2. The number of nitrogens with one attached hydrogen (secondary N) is 1. The Hall–Kier alpha value is -1.47. The Bertz CT molecular complexity index is 670. The second-order valence-corrected chi connectivity index (χ2v) is 5.54. The van der Waals surface area contributed by atoms with Crippen molar-refractivity contribution in [3.8, 4) is 0 Å². The summed E-state index contributed by atoms with van der Waals surface area (Å²) in [5, 5.41) is 3.33. The number of nitrogens with zero attached hydrogens (tertiary/aromatic N) is 3. The number of hydrogen-bond acceptors (Lipinski definition) is 4. The van der Waals surface area contributed by atoms with E-state index in [9.17, 15) is 8.78 Å². The van der Waals surface area contributed by atoms with Crippen LogP contribution in [0.25, 0.3) is 11.2 Å². The van der Waals surface area contributed by atoms with Crippen LogP contribution in [0.3, 0.4) is 0 Å². The summed E-state index contributed by atoms with van der Waals surface area (Å²) in [6, 6.07) is 1.60. The van der Waals surface area contributed by atoms with Gasteiger partial charge in [-0.2, -0.15) is 0 Å². The van der Waals surface area contributed by atoms with E-state index >= 15 is 0 Å². The third-order valence-electron chi connectivity index (χ3n) is 3.65. The molecule has 2 aromatic heterocycles. The van der Waals surface area contributed by atoms with Crippen molar-refractivity contribution in [2.75, 3.05) is 18.5 Å². The van der Waals surface area contributed by atoms with Gasteiger partial charge < -0.3 is 10.1 Å². The van der Waals surface area contributed by atoms with Crippen LogP contribution in [0, 0.1) is 0 Å². The maximum atomic E-state index is 13.4. The van der Waals surface area contributed by atoms with E-state index in [2.05, 4.69) is 15.3 Å². The lowest BCUT2D eigenvalue weighted by Crippen LogP contribution is -2.20. The first-order chi connectivity index (χ1) is 10.6. The molecule has 120 valence electrons.